The minimum atomic E-state index is -1.70. The van der Waals surface area contributed by atoms with Crippen LogP contribution < -0.4 is 5.73 Å². The van der Waals surface area contributed by atoms with Crippen LogP contribution in [0.4, 0.5) is 4.39 Å². The molecular weight excluding hydrogens is 149 g/mol. The van der Waals surface area contributed by atoms with Gasteiger partial charge in [-0.3, -0.25) is 4.79 Å². The van der Waals surface area contributed by atoms with Gasteiger partial charge >= 0.3 is 5.97 Å². The van der Waals surface area contributed by atoms with Gasteiger partial charge in [0.1, 0.15) is 5.67 Å². The van der Waals surface area contributed by atoms with Crippen molar-refractivity contribution in [2.45, 2.75) is 31.5 Å². The van der Waals surface area contributed by atoms with Crippen LogP contribution in [-0.2, 0) is 4.79 Å². The Morgan fingerprint density at radius 2 is 2.18 bits per heavy atom. The molecule has 0 spiro atoms. The second-order valence-electron chi connectivity index (χ2n) is 3.47. The summed E-state index contributed by atoms with van der Waals surface area (Å²) >= 11 is 0. The summed E-state index contributed by atoms with van der Waals surface area (Å²) in [4.78, 5) is 10.4. The van der Waals surface area contributed by atoms with Gasteiger partial charge in [0.05, 0.1) is 0 Å². The fourth-order valence-corrected chi connectivity index (χ4v) is 1.33. The van der Waals surface area contributed by atoms with Gasteiger partial charge in [-0.1, -0.05) is 13.8 Å². The molecule has 1 saturated carbocycles. The number of aliphatic carboxylic acids is 1. The van der Waals surface area contributed by atoms with Crippen molar-refractivity contribution in [3.63, 3.8) is 0 Å². The fourth-order valence-electron chi connectivity index (χ4n) is 1.33. The molecule has 0 aromatic carbocycles. The number of carboxylic acid groups (broad SMARTS) is 1. The molecule has 0 saturated heterocycles. The van der Waals surface area contributed by atoms with Crippen LogP contribution in [0.15, 0.2) is 0 Å². The van der Waals surface area contributed by atoms with Crippen molar-refractivity contribution in [2.24, 2.45) is 11.7 Å². The van der Waals surface area contributed by atoms with Gasteiger partial charge in [0.15, 0.2) is 5.54 Å². The second kappa shape index (κ2) is 1.94. The quantitative estimate of drug-likeness (QED) is 0.621. The third-order valence-electron chi connectivity index (χ3n) is 2.45. The van der Waals surface area contributed by atoms with E-state index in [1.54, 1.807) is 13.8 Å². The SMILES string of the molecule is CC(C)[C@]1(F)C[C@]1(N)C(=O)O. The number of hydrogen-bond donors (Lipinski definition) is 2. The molecule has 0 unspecified atom stereocenters. The number of alkyl halides is 1. The Kier molecular flexibility index (Phi) is 1.49. The number of hydrogen-bond acceptors (Lipinski definition) is 2. The first-order valence-electron chi connectivity index (χ1n) is 3.56. The predicted molar refractivity (Wildman–Crippen MR) is 37.8 cm³/mol. The lowest BCUT2D eigenvalue weighted by Crippen LogP contribution is -2.42. The molecule has 3 N–H and O–H groups in total. The van der Waals surface area contributed by atoms with E-state index in [1.807, 2.05) is 0 Å². The number of carbonyl (C=O) groups is 1. The van der Waals surface area contributed by atoms with Crippen LogP contribution in [0.25, 0.3) is 0 Å². The van der Waals surface area contributed by atoms with E-state index in [0.717, 1.165) is 0 Å². The van der Waals surface area contributed by atoms with E-state index < -0.39 is 17.2 Å². The van der Waals surface area contributed by atoms with Crippen molar-refractivity contribution in [3.8, 4) is 0 Å². The van der Waals surface area contributed by atoms with E-state index in [2.05, 4.69) is 0 Å². The monoisotopic (exact) mass is 161 g/mol. The molecule has 1 aliphatic rings. The molecule has 1 aliphatic carbocycles. The van der Waals surface area contributed by atoms with E-state index in [-0.39, 0.29) is 12.3 Å². The maximum Gasteiger partial charge on any atom is 0.327 e. The van der Waals surface area contributed by atoms with E-state index in [0.29, 0.717) is 0 Å². The van der Waals surface area contributed by atoms with E-state index in [1.165, 1.54) is 0 Å². The molecular formula is C7H12FNO2. The van der Waals surface area contributed by atoms with Crippen LogP contribution in [0, 0.1) is 5.92 Å². The first kappa shape index (κ1) is 8.46. The largest absolute Gasteiger partial charge is 0.480 e. The summed E-state index contributed by atoms with van der Waals surface area (Å²) in [7, 11) is 0. The van der Waals surface area contributed by atoms with Gasteiger partial charge in [-0.2, -0.15) is 0 Å². The Morgan fingerprint density at radius 3 is 2.27 bits per heavy atom. The Hall–Kier alpha value is -0.640. The first-order valence-corrected chi connectivity index (χ1v) is 3.56. The summed E-state index contributed by atoms with van der Waals surface area (Å²) in [5.41, 5.74) is 1.97. The van der Waals surface area contributed by atoms with Gasteiger partial charge < -0.3 is 10.8 Å². The number of carboxylic acids is 1. The molecule has 4 heteroatoms. The second-order valence-corrected chi connectivity index (χ2v) is 3.47. The van der Waals surface area contributed by atoms with Gasteiger partial charge in [-0.05, 0) is 5.92 Å². The maximum absolute atomic E-state index is 13.4. The summed E-state index contributed by atoms with van der Waals surface area (Å²) in [5.74, 6) is -1.57. The predicted octanol–water partition coefficient (Wildman–Crippen LogP) is 0.536. The van der Waals surface area contributed by atoms with Crippen LogP contribution in [0.3, 0.4) is 0 Å². The van der Waals surface area contributed by atoms with Crippen molar-refractivity contribution >= 4 is 5.97 Å². The first-order chi connectivity index (χ1) is 4.84. The number of nitrogens with two attached hydrogens (primary N) is 1. The zero-order chi connectivity index (χ0) is 8.86. The molecule has 1 rings (SSSR count). The van der Waals surface area contributed by atoms with E-state index in [9.17, 15) is 9.18 Å². The highest BCUT2D eigenvalue weighted by Crippen LogP contribution is 2.54. The lowest BCUT2D eigenvalue weighted by Gasteiger charge is -2.14. The molecule has 2 atom stereocenters. The third kappa shape index (κ3) is 0.854. The van der Waals surface area contributed by atoms with Gasteiger partial charge in [0.2, 0.25) is 0 Å². The van der Waals surface area contributed by atoms with E-state index >= 15 is 0 Å². The van der Waals surface area contributed by atoms with Crippen molar-refractivity contribution in [1.29, 1.82) is 0 Å². The average molecular weight is 161 g/mol. The highest BCUT2D eigenvalue weighted by molar-refractivity contribution is 5.85. The molecule has 0 heterocycles. The fraction of sp³-hybridized carbons (Fsp3) is 0.857. The average Bonchev–Trinajstić information content (AvgIpc) is 2.39. The minimum Gasteiger partial charge on any atom is -0.480 e. The van der Waals surface area contributed by atoms with Crippen LogP contribution in [0.1, 0.15) is 20.3 Å². The Bertz CT molecular complexity index is 207. The molecule has 64 valence electrons. The Morgan fingerprint density at radius 1 is 1.73 bits per heavy atom. The molecule has 0 aromatic heterocycles. The van der Waals surface area contributed by atoms with Gasteiger partial charge in [0.25, 0.3) is 0 Å². The van der Waals surface area contributed by atoms with E-state index in [4.69, 9.17) is 10.8 Å². The summed E-state index contributed by atoms with van der Waals surface area (Å²) in [5, 5.41) is 8.53. The zero-order valence-electron chi connectivity index (χ0n) is 6.60. The molecule has 3 nitrogen and oxygen atoms in total. The van der Waals surface area contributed by atoms with Crippen molar-refractivity contribution in [2.75, 3.05) is 0 Å². The van der Waals surface area contributed by atoms with Crippen molar-refractivity contribution < 1.29 is 14.3 Å². The van der Waals surface area contributed by atoms with Crippen LogP contribution in [-0.4, -0.2) is 22.3 Å². The molecule has 0 radical (unpaired) electrons. The number of rotatable bonds is 2. The topological polar surface area (TPSA) is 63.3 Å². The van der Waals surface area contributed by atoms with Crippen LogP contribution in [0.5, 0.6) is 0 Å². The normalized spacial score (nSPS) is 42.6. The van der Waals surface area contributed by atoms with Crippen LogP contribution >= 0.6 is 0 Å². The standard InChI is InChI=1S/C7H12FNO2/c1-4(2)6(8)3-7(6,9)5(10)11/h4H,3,9H2,1-2H3,(H,10,11)/t6-,7+/m1/s1. The maximum atomic E-state index is 13.4. The molecule has 0 aromatic rings. The number of halogens is 1. The molecule has 0 aliphatic heterocycles. The summed E-state index contributed by atoms with van der Waals surface area (Å²) in [6.07, 6.45) is -0.0625. The van der Waals surface area contributed by atoms with Gasteiger partial charge in [0, 0.05) is 6.42 Å². The van der Waals surface area contributed by atoms with Crippen LogP contribution in [0.2, 0.25) is 0 Å². The van der Waals surface area contributed by atoms with Gasteiger partial charge in [-0.15, -0.1) is 0 Å². The smallest absolute Gasteiger partial charge is 0.327 e. The highest BCUT2D eigenvalue weighted by Gasteiger charge is 2.73. The lowest BCUT2D eigenvalue weighted by atomic mass is 10.0. The molecule has 0 bridgehead atoms. The van der Waals surface area contributed by atoms with Crippen molar-refractivity contribution in [1.82, 2.24) is 0 Å². The summed E-state index contributed by atoms with van der Waals surface area (Å²) in [6.45, 7) is 3.27. The third-order valence-corrected chi connectivity index (χ3v) is 2.45. The zero-order valence-corrected chi connectivity index (χ0v) is 6.60. The summed E-state index contributed by atoms with van der Waals surface area (Å²) < 4.78 is 13.4. The highest BCUT2D eigenvalue weighted by atomic mass is 19.1. The Labute approximate surface area is 64.4 Å². The van der Waals surface area contributed by atoms with Gasteiger partial charge in [-0.25, -0.2) is 4.39 Å². The summed E-state index contributed by atoms with van der Waals surface area (Å²) in [6, 6.07) is 0. The molecule has 11 heavy (non-hydrogen) atoms. The molecule has 1 fully saturated rings. The Balaban J connectivity index is 2.79. The molecule has 0 amide bonds. The van der Waals surface area contributed by atoms with Crippen molar-refractivity contribution in [3.05, 3.63) is 0 Å². The minimum absolute atomic E-state index is 0.0625. The lowest BCUT2D eigenvalue weighted by molar-refractivity contribution is -0.141.